The third-order valence-electron chi connectivity index (χ3n) is 3.25. The zero-order valence-corrected chi connectivity index (χ0v) is 11.9. The average Bonchev–Trinajstić information content (AvgIpc) is 2.50. The number of aromatic hydroxyl groups is 1. The number of anilines is 1. The quantitative estimate of drug-likeness (QED) is 0.855. The van der Waals surface area contributed by atoms with Crippen LogP contribution < -0.4 is 16.6 Å². The number of nitrogens with zero attached hydrogens (tertiary/aromatic N) is 3. The highest BCUT2D eigenvalue weighted by atomic mass is 19.1. The van der Waals surface area contributed by atoms with Crippen molar-refractivity contribution in [3.8, 4) is 11.8 Å². The van der Waals surface area contributed by atoms with Crippen molar-refractivity contribution < 1.29 is 9.50 Å². The zero-order valence-electron chi connectivity index (χ0n) is 11.9. The van der Waals surface area contributed by atoms with Crippen LogP contribution >= 0.6 is 0 Å². The maximum absolute atomic E-state index is 13.3. The molecule has 1 heterocycles. The minimum atomic E-state index is -0.780. The van der Waals surface area contributed by atoms with E-state index in [9.17, 15) is 14.0 Å². The van der Waals surface area contributed by atoms with Gasteiger partial charge in [0.15, 0.2) is 17.1 Å². The SMILES string of the molecule is Cn1c(NCc2ccc(O)c(F)c2)c(C#N)c(=O)n(C)c1=O. The van der Waals surface area contributed by atoms with Gasteiger partial charge in [-0.1, -0.05) is 6.07 Å². The van der Waals surface area contributed by atoms with Gasteiger partial charge < -0.3 is 10.4 Å². The molecule has 1 aromatic carbocycles. The summed E-state index contributed by atoms with van der Waals surface area (Å²) in [6, 6.07) is 5.56. The predicted octanol–water partition coefficient (Wildman–Crippen LogP) is 0.412. The first kappa shape index (κ1) is 15.3. The standard InChI is InChI=1S/C14H13FN4O3/c1-18-12(9(6-16)13(21)19(2)14(18)22)17-7-8-3-4-11(20)10(15)5-8/h3-5,17,20H,7H2,1-2H3. The number of halogens is 1. The molecule has 1 aromatic heterocycles. The average molecular weight is 304 g/mol. The largest absolute Gasteiger partial charge is 0.505 e. The summed E-state index contributed by atoms with van der Waals surface area (Å²) in [7, 11) is 2.70. The molecule has 0 aliphatic carbocycles. The normalized spacial score (nSPS) is 10.3. The van der Waals surface area contributed by atoms with Crippen LogP contribution in [0.4, 0.5) is 10.2 Å². The third kappa shape index (κ3) is 2.56. The number of phenolic OH excluding ortho intramolecular Hbond substituents is 1. The summed E-state index contributed by atoms with van der Waals surface area (Å²) in [4.78, 5) is 23.8. The van der Waals surface area contributed by atoms with Crippen LogP contribution in [0.15, 0.2) is 27.8 Å². The molecule has 0 radical (unpaired) electrons. The Balaban J connectivity index is 2.42. The van der Waals surface area contributed by atoms with Crippen LogP contribution in [0.5, 0.6) is 5.75 Å². The van der Waals surface area contributed by atoms with Crippen molar-refractivity contribution in [3.63, 3.8) is 0 Å². The maximum Gasteiger partial charge on any atom is 0.332 e. The lowest BCUT2D eigenvalue weighted by atomic mass is 10.2. The number of rotatable bonds is 3. The molecule has 114 valence electrons. The van der Waals surface area contributed by atoms with Gasteiger partial charge in [0.1, 0.15) is 11.9 Å². The van der Waals surface area contributed by atoms with E-state index in [0.717, 1.165) is 15.2 Å². The van der Waals surface area contributed by atoms with E-state index in [4.69, 9.17) is 10.4 Å². The Labute approximate surface area is 124 Å². The van der Waals surface area contributed by atoms with Gasteiger partial charge >= 0.3 is 5.69 Å². The van der Waals surface area contributed by atoms with Gasteiger partial charge in [-0.3, -0.25) is 13.9 Å². The molecule has 0 bridgehead atoms. The second kappa shape index (κ2) is 5.73. The minimum absolute atomic E-state index is 0.0593. The van der Waals surface area contributed by atoms with E-state index >= 15 is 0 Å². The van der Waals surface area contributed by atoms with Gasteiger partial charge in [-0.15, -0.1) is 0 Å². The maximum atomic E-state index is 13.3. The van der Waals surface area contributed by atoms with E-state index in [2.05, 4.69) is 5.32 Å². The summed E-state index contributed by atoms with van der Waals surface area (Å²) in [5, 5.41) is 21.0. The Kier molecular flexibility index (Phi) is 3.99. The van der Waals surface area contributed by atoms with Crippen LogP contribution in [0, 0.1) is 17.1 Å². The molecular formula is C14H13FN4O3. The molecule has 0 fully saturated rings. The van der Waals surface area contributed by atoms with Gasteiger partial charge in [0.2, 0.25) is 0 Å². The summed E-state index contributed by atoms with van der Waals surface area (Å²) in [5.41, 5.74) is -1.01. The van der Waals surface area contributed by atoms with Crippen LogP contribution in [0.3, 0.4) is 0 Å². The Morgan fingerprint density at radius 2 is 2.00 bits per heavy atom. The molecule has 7 nitrogen and oxygen atoms in total. The molecule has 2 N–H and O–H groups in total. The number of hydrogen-bond acceptors (Lipinski definition) is 5. The van der Waals surface area contributed by atoms with Crippen molar-refractivity contribution in [1.82, 2.24) is 9.13 Å². The smallest absolute Gasteiger partial charge is 0.332 e. The molecule has 22 heavy (non-hydrogen) atoms. The van der Waals surface area contributed by atoms with Crippen LogP contribution in [0.2, 0.25) is 0 Å². The molecule has 8 heteroatoms. The first-order valence-electron chi connectivity index (χ1n) is 6.28. The third-order valence-corrected chi connectivity index (χ3v) is 3.25. The Bertz CT molecular complexity index is 893. The van der Waals surface area contributed by atoms with Crippen molar-refractivity contribution >= 4 is 5.82 Å². The second-order valence-electron chi connectivity index (χ2n) is 4.68. The van der Waals surface area contributed by atoms with Crippen molar-refractivity contribution in [2.24, 2.45) is 14.1 Å². The molecule has 0 aliphatic heterocycles. The Hall–Kier alpha value is -3.08. The monoisotopic (exact) mass is 304 g/mol. The summed E-state index contributed by atoms with van der Waals surface area (Å²) < 4.78 is 15.2. The lowest BCUT2D eigenvalue weighted by molar-refractivity contribution is 0.432. The number of nitriles is 1. The van der Waals surface area contributed by atoms with Crippen LogP contribution in [-0.4, -0.2) is 14.2 Å². The number of aromatic nitrogens is 2. The lowest BCUT2D eigenvalue weighted by Crippen LogP contribution is -2.39. The molecule has 0 aliphatic rings. The molecule has 2 rings (SSSR count). The molecule has 0 saturated carbocycles. The number of hydrogen-bond donors (Lipinski definition) is 2. The van der Waals surface area contributed by atoms with Gasteiger partial charge in [-0.05, 0) is 17.7 Å². The zero-order chi connectivity index (χ0) is 16.4. The van der Waals surface area contributed by atoms with Crippen LogP contribution in [0.25, 0.3) is 0 Å². The highest BCUT2D eigenvalue weighted by Gasteiger charge is 2.15. The topological polar surface area (TPSA) is 100 Å². The van der Waals surface area contributed by atoms with E-state index in [0.29, 0.717) is 5.56 Å². The molecule has 0 saturated heterocycles. The summed E-state index contributed by atoms with van der Waals surface area (Å²) >= 11 is 0. The Morgan fingerprint density at radius 3 is 2.59 bits per heavy atom. The first-order chi connectivity index (χ1) is 10.4. The van der Waals surface area contributed by atoms with Gasteiger partial charge in [0.05, 0.1) is 0 Å². The van der Waals surface area contributed by atoms with Gasteiger partial charge in [-0.25, -0.2) is 9.18 Å². The highest BCUT2D eigenvalue weighted by molar-refractivity contribution is 5.51. The number of benzene rings is 1. The number of nitrogens with one attached hydrogen (secondary N) is 1. The summed E-state index contributed by atoms with van der Waals surface area (Å²) in [5.74, 6) is -1.19. The Morgan fingerprint density at radius 1 is 1.32 bits per heavy atom. The van der Waals surface area contributed by atoms with Crippen LogP contribution in [0.1, 0.15) is 11.1 Å². The van der Waals surface area contributed by atoms with Crippen molar-refractivity contribution in [3.05, 3.63) is 56.0 Å². The summed E-state index contributed by atoms with van der Waals surface area (Å²) in [6.45, 7) is 0.0757. The predicted molar refractivity (Wildman–Crippen MR) is 77.0 cm³/mol. The van der Waals surface area contributed by atoms with E-state index in [1.807, 2.05) is 0 Å². The minimum Gasteiger partial charge on any atom is -0.505 e. The van der Waals surface area contributed by atoms with Crippen molar-refractivity contribution in [2.75, 3.05) is 5.32 Å². The molecule has 0 atom stereocenters. The fourth-order valence-electron chi connectivity index (χ4n) is 2.00. The lowest BCUT2D eigenvalue weighted by Gasteiger charge is -2.13. The highest BCUT2D eigenvalue weighted by Crippen LogP contribution is 2.17. The molecule has 0 unspecified atom stereocenters. The van der Waals surface area contributed by atoms with Crippen LogP contribution in [-0.2, 0) is 20.6 Å². The fraction of sp³-hybridized carbons (Fsp3) is 0.214. The van der Waals surface area contributed by atoms with Crippen molar-refractivity contribution in [1.29, 1.82) is 5.26 Å². The van der Waals surface area contributed by atoms with Crippen molar-refractivity contribution in [2.45, 2.75) is 6.54 Å². The molecule has 0 amide bonds. The second-order valence-corrected chi connectivity index (χ2v) is 4.68. The van der Waals surface area contributed by atoms with E-state index in [1.165, 1.54) is 26.2 Å². The molecule has 0 spiro atoms. The van der Waals surface area contributed by atoms with E-state index < -0.39 is 22.8 Å². The first-order valence-corrected chi connectivity index (χ1v) is 6.28. The van der Waals surface area contributed by atoms with Gasteiger partial charge in [0.25, 0.3) is 5.56 Å². The van der Waals surface area contributed by atoms with Gasteiger partial charge in [0, 0.05) is 20.6 Å². The molecule has 2 aromatic rings. The molecular weight excluding hydrogens is 291 g/mol. The van der Waals surface area contributed by atoms with E-state index in [-0.39, 0.29) is 17.9 Å². The van der Waals surface area contributed by atoms with Gasteiger partial charge in [-0.2, -0.15) is 5.26 Å². The van der Waals surface area contributed by atoms with E-state index in [1.54, 1.807) is 6.07 Å². The fourth-order valence-corrected chi connectivity index (χ4v) is 2.00. The summed E-state index contributed by atoms with van der Waals surface area (Å²) in [6.07, 6.45) is 0. The number of phenols is 1.